The summed E-state index contributed by atoms with van der Waals surface area (Å²) in [5.74, 6) is 0. The number of hydrogen-bond acceptors (Lipinski definition) is 2. The first-order chi connectivity index (χ1) is 8.97. The van der Waals surface area contributed by atoms with E-state index in [0.717, 1.165) is 0 Å². The van der Waals surface area contributed by atoms with Crippen molar-refractivity contribution in [1.29, 1.82) is 0 Å². The van der Waals surface area contributed by atoms with Crippen LogP contribution in [0.3, 0.4) is 0 Å². The van der Waals surface area contributed by atoms with E-state index >= 15 is 0 Å². The van der Waals surface area contributed by atoms with Gasteiger partial charge >= 0.3 is 8.56 Å². The van der Waals surface area contributed by atoms with E-state index in [4.69, 9.17) is 8.85 Å². The van der Waals surface area contributed by atoms with Gasteiger partial charge in [-0.2, -0.15) is 0 Å². The summed E-state index contributed by atoms with van der Waals surface area (Å²) < 4.78 is 12.2. The highest BCUT2D eigenvalue weighted by Crippen LogP contribution is 2.52. The van der Waals surface area contributed by atoms with Crippen molar-refractivity contribution < 1.29 is 8.85 Å². The Balaban J connectivity index is 2.50. The minimum atomic E-state index is -2.40. The molecule has 0 heterocycles. The molecular weight excluding hydrogens is 252 g/mol. The second kappa shape index (κ2) is 5.23. The van der Waals surface area contributed by atoms with Crippen LogP contribution in [0.4, 0.5) is 0 Å². The minimum absolute atomic E-state index is 0.317. The van der Waals surface area contributed by atoms with Gasteiger partial charge < -0.3 is 8.85 Å². The average molecular weight is 276 g/mol. The Hall–Kier alpha value is -0.903. The highest BCUT2D eigenvalue weighted by molar-refractivity contribution is 6.73. The summed E-state index contributed by atoms with van der Waals surface area (Å²) in [4.78, 5) is 0. The van der Waals surface area contributed by atoms with Crippen LogP contribution >= 0.6 is 0 Å². The van der Waals surface area contributed by atoms with Gasteiger partial charge in [0.1, 0.15) is 0 Å². The number of allylic oxidation sites excluding steroid dienone is 8. The highest BCUT2D eigenvalue weighted by Gasteiger charge is 2.55. The lowest BCUT2D eigenvalue weighted by Gasteiger charge is -2.40. The van der Waals surface area contributed by atoms with Crippen molar-refractivity contribution >= 4 is 8.56 Å². The predicted octanol–water partition coefficient (Wildman–Crippen LogP) is 4.27. The van der Waals surface area contributed by atoms with E-state index < -0.39 is 8.56 Å². The van der Waals surface area contributed by atoms with E-state index in [9.17, 15) is 0 Å². The highest BCUT2D eigenvalue weighted by atomic mass is 28.4. The van der Waals surface area contributed by atoms with Gasteiger partial charge in [-0.05, 0) is 27.7 Å². The zero-order chi connectivity index (χ0) is 14.2. The molecule has 0 aromatic heterocycles. The van der Waals surface area contributed by atoms with Crippen molar-refractivity contribution in [1.82, 2.24) is 0 Å². The van der Waals surface area contributed by atoms with Crippen LogP contribution in [0.2, 0.25) is 11.1 Å². The van der Waals surface area contributed by atoms with Crippen molar-refractivity contribution in [2.45, 2.75) is 38.8 Å². The molecule has 0 saturated heterocycles. The fraction of sp³-hybridized carbons (Fsp3) is 0.500. The van der Waals surface area contributed by atoms with Crippen LogP contribution in [-0.2, 0) is 8.85 Å². The van der Waals surface area contributed by atoms with Crippen molar-refractivity contribution in [3.8, 4) is 0 Å². The molecule has 0 aromatic carbocycles. The largest absolute Gasteiger partial charge is 0.397 e. The summed E-state index contributed by atoms with van der Waals surface area (Å²) in [6.45, 7) is 8.74. The zero-order valence-corrected chi connectivity index (χ0v) is 13.8. The number of rotatable bonds is 4. The summed E-state index contributed by atoms with van der Waals surface area (Å²) in [7, 11) is 1.22. The SMILES string of the molecule is CO[Si](OC)(C1C(C)=CC=C1C)C1C(C)=CC=C1C. The maximum Gasteiger partial charge on any atom is 0.360 e. The Kier molecular flexibility index (Phi) is 3.99. The molecular formula is C16H24O2Si. The normalized spacial score (nSPS) is 21.4. The van der Waals surface area contributed by atoms with E-state index in [1.807, 2.05) is 14.2 Å². The molecule has 0 amide bonds. The van der Waals surface area contributed by atoms with Gasteiger partial charge in [-0.3, -0.25) is 0 Å². The quantitative estimate of drug-likeness (QED) is 0.714. The summed E-state index contributed by atoms with van der Waals surface area (Å²) in [6.07, 6.45) is 8.80. The smallest absolute Gasteiger partial charge is 0.360 e. The van der Waals surface area contributed by atoms with E-state index in [0.29, 0.717) is 11.1 Å². The fourth-order valence-electron chi connectivity index (χ4n) is 3.62. The fourth-order valence-corrected chi connectivity index (χ4v) is 7.99. The van der Waals surface area contributed by atoms with Gasteiger partial charge in [-0.1, -0.05) is 46.6 Å². The molecule has 0 bridgehead atoms. The molecule has 19 heavy (non-hydrogen) atoms. The van der Waals surface area contributed by atoms with Gasteiger partial charge in [0.15, 0.2) is 0 Å². The summed E-state index contributed by atoms with van der Waals surface area (Å²) in [6, 6.07) is 0. The maximum atomic E-state index is 6.09. The van der Waals surface area contributed by atoms with E-state index in [1.165, 1.54) is 22.3 Å². The Bertz CT molecular complexity index is 415. The van der Waals surface area contributed by atoms with Gasteiger partial charge in [0.2, 0.25) is 0 Å². The van der Waals surface area contributed by atoms with Gasteiger partial charge in [-0.25, -0.2) is 0 Å². The van der Waals surface area contributed by atoms with Crippen LogP contribution < -0.4 is 0 Å². The first kappa shape index (κ1) is 14.5. The lowest BCUT2D eigenvalue weighted by molar-refractivity contribution is 0.232. The predicted molar refractivity (Wildman–Crippen MR) is 82.3 cm³/mol. The van der Waals surface area contributed by atoms with Crippen LogP contribution in [0.1, 0.15) is 27.7 Å². The summed E-state index contributed by atoms with van der Waals surface area (Å²) in [5, 5.41) is 0. The minimum Gasteiger partial charge on any atom is -0.397 e. The maximum absolute atomic E-state index is 6.09. The first-order valence-electron chi connectivity index (χ1n) is 6.78. The molecule has 0 unspecified atom stereocenters. The van der Waals surface area contributed by atoms with E-state index in [1.54, 1.807) is 0 Å². The van der Waals surface area contributed by atoms with Gasteiger partial charge in [-0.15, -0.1) is 0 Å². The molecule has 0 radical (unpaired) electrons. The van der Waals surface area contributed by atoms with Gasteiger partial charge in [0.05, 0.1) is 0 Å². The lowest BCUT2D eigenvalue weighted by atomic mass is 10.2. The Labute approximate surface area is 117 Å². The van der Waals surface area contributed by atoms with Crippen molar-refractivity contribution in [3.05, 3.63) is 46.6 Å². The molecule has 2 nitrogen and oxygen atoms in total. The lowest BCUT2D eigenvalue weighted by Crippen LogP contribution is -2.50. The molecule has 0 aromatic rings. The zero-order valence-electron chi connectivity index (χ0n) is 12.8. The van der Waals surface area contributed by atoms with Crippen LogP contribution in [0, 0.1) is 0 Å². The molecule has 0 saturated carbocycles. The van der Waals surface area contributed by atoms with Crippen LogP contribution in [0.15, 0.2) is 46.6 Å². The third-order valence-electron chi connectivity index (χ3n) is 4.48. The van der Waals surface area contributed by atoms with Crippen LogP contribution in [-0.4, -0.2) is 22.8 Å². The second-order valence-corrected chi connectivity index (χ2v) is 9.05. The monoisotopic (exact) mass is 276 g/mol. The summed E-state index contributed by atoms with van der Waals surface area (Å²) >= 11 is 0. The van der Waals surface area contributed by atoms with Gasteiger partial charge in [0.25, 0.3) is 0 Å². The third kappa shape index (κ3) is 2.10. The second-order valence-electron chi connectivity index (χ2n) is 5.64. The standard InChI is InChI=1S/C16H24O2Si/c1-11-7-8-12(2)15(11)19(17-5,18-6)16-13(3)9-10-14(16)4/h7-10,15-16H,1-6H3. The first-order valence-corrected chi connectivity index (χ1v) is 8.75. The molecule has 0 N–H and O–H groups in total. The van der Waals surface area contributed by atoms with Crippen molar-refractivity contribution in [2.24, 2.45) is 0 Å². The van der Waals surface area contributed by atoms with Crippen molar-refractivity contribution in [3.63, 3.8) is 0 Å². The van der Waals surface area contributed by atoms with E-state index in [-0.39, 0.29) is 0 Å². The Morgan fingerprint density at radius 1 is 0.684 bits per heavy atom. The van der Waals surface area contributed by atoms with Crippen LogP contribution in [0.5, 0.6) is 0 Å². The van der Waals surface area contributed by atoms with Gasteiger partial charge in [0, 0.05) is 25.3 Å². The topological polar surface area (TPSA) is 18.5 Å². The molecule has 2 aliphatic rings. The molecule has 2 rings (SSSR count). The average Bonchev–Trinajstić information content (AvgIpc) is 2.90. The molecule has 3 heteroatoms. The molecule has 2 aliphatic carbocycles. The molecule has 0 spiro atoms. The van der Waals surface area contributed by atoms with Crippen LogP contribution in [0.25, 0.3) is 0 Å². The Morgan fingerprint density at radius 3 is 1.16 bits per heavy atom. The van der Waals surface area contributed by atoms with Crippen molar-refractivity contribution in [2.75, 3.05) is 14.2 Å². The molecule has 0 fully saturated rings. The number of hydrogen-bond donors (Lipinski definition) is 0. The molecule has 104 valence electrons. The summed E-state index contributed by atoms with van der Waals surface area (Å²) in [5.41, 5.74) is 6.08. The van der Waals surface area contributed by atoms with E-state index in [2.05, 4.69) is 52.0 Å². The molecule has 0 atom stereocenters. The molecule has 0 aliphatic heterocycles. The Morgan fingerprint density at radius 2 is 0.947 bits per heavy atom. The third-order valence-corrected chi connectivity index (χ3v) is 9.19.